The molecule has 1 aliphatic rings. The first-order valence-corrected chi connectivity index (χ1v) is 11.2. The molecule has 0 spiro atoms. The molecule has 0 bridgehead atoms. The summed E-state index contributed by atoms with van der Waals surface area (Å²) in [4.78, 5) is 8.57. The summed E-state index contributed by atoms with van der Waals surface area (Å²) in [5.74, 6) is 1.01. The normalized spacial score (nSPS) is 15.9. The minimum atomic E-state index is -0.163. The van der Waals surface area contributed by atoms with E-state index in [2.05, 4.69) is 37.2 Å². The Balaban J connectivity index is 1.61. The SMILES string of the molecule is CCCCn1nnnc1C(c1cccc(O)c1)N1CCN(c2c(Cl)cncc2Cl)CC1. The van der Waals surface area contributed by atoms with Gasteiger partial charge in [0.1, 0.15) is 5.75 Å². The lowest BCUT2D eigenvalue weighted by molar-refractivity contribution is 0.200. The van der Waals surface area contributed by atoms with Crippen molar-refractivity contribution in [2.45, 2.75) is 32.4 Å². The van der Waals surface area contributed by atoms with Crippen LogP contribution in [0.2, 0.25) is 10.0 Å². The van der Waals surface area contributed by atoms with Crippen molar-refractivity contribution in [3.8, 4) is 5.75 Å². The minimum Gasteiger partial charge on any atom is -0.508 e. The van der Waals surface area contributed by atoms with Crippen LogP contribution in [-0.4, -0.2) is 61.4 Å². The third-order valence-electron chi connectivity index (χ3n) is 5.54. The highest BCUT2D eigenvalue weighted by Crippen LogP contribution is 2.35. The summed E-state index contributed by atoms with van der Waals surface area (Å²) in [5, 5.41) is 23.7. The molecule has 1 aromatic carbocycles. The maximum absolute atomic E-state index is 10.1. The van der Waals surface area contributed by atoms with E-state index < -0.39 is 0 Å². The molecular weight excluding hydrogens is 437 g/mol. The number of hydrogen-bond donors (Lipinski definition) is 1. The van der Waals surface area contributed by atoms with Gasteiger partial charge in [-0.25, -0.2) is 4.68 Å². The molecule has 0 aliphatic carbocycles. The molecule has 1 fully saturated rings. The molecule has 1 unspecified atom stereocenters. The first-order chi connectivity index (χ1) is 15.1. The summed E-state index contributed by atoms with van der Waals surface area (Å²) in [5.41, 5.74) is 1.78. The predicted octanol–water partition coefficient (Wildman–Crippen LogP) is 3.79. The van der Waals surface area contributed by atoms with Crippen LogP contribution in [0.3, 0.4) is 0 Å². The van der Waals surface area contributed by atoms with Crippen LogP contribution in [0.4, 0.5) is 5.69 Å². The Morgan fingerprint density at radius 3 is 2.52 bits per heavy atom. The molecule has 0 amide bonds. The van der Waals surface area contributed by atoms with Gasteiger partial charge in [-0.1, -0.05) is 48.7 Å². The third kappa shape index (κ3) is 4.76. The summed E-state index contributed by atoms with van der Waals surface area (Å²) in [6.07, 6.45) is 5.29. The molecule has 164 valence electrons. The van der Waals surface area contributed by atoms with Crippen LogP contribution in [0.25, 0.3) is 0 Å². The van der Waals surface area contributed by atoms with Gasteiger partial charge in [-0.05, 0) is 34.5 Å². The molecule has 1 saturated heterocycles. The average Bonchev–Trinajstić information content (AvgIpc) is 3.21. The van der Waals surface area contributed by atoms with Gasteiger partial charge in [-0.15, -0.1) is 5.10 Å². The van der Waals surface area contributed by atoms with E-state index in [1.165, 1.54) is 0 Å². The number of aryl methyl sites for hydroxylation is 1. The zero-order chi connectivity index (χ0) is 21.8. The molecule has 8 nitrogen and oxygen atoms in total. The number of nitrogens with zero attached hydrogens (tertiary/aromatic N) is 7. The van der Waals surface area contributed by atoms with Crippen molar-refractivity contribution >= 4 is 28.9 Å². The van der Waals surface area contributed by atoms with Crippen molar-refractivity contribution in [3.63, 3.8) is 0 Å². The largest absolute Gasteiger partial charge is 0.508 e. The number of benzene rings is 1. The lowest BCUT2D eigenvalue weighted by Gasteiger charge is -2.40. The van der Waals surface area contributed by atoms with Crippen LogP contribution in [0.1, 0.15) is 37.2 Å². The Morgan fingerprint density at radius 2 is 1.84 bits per heavy atom. The van der Waals surface area contributed by atoms with Crippen LogP contribution in [0, 0.1) is 0 Å². The van der Waals surface area contributed by atoms with Crippen molar-refractivity contribution in [1.29, 1.82) is 0 Å². The van der Waals surface area contributed by atoms with Gasteiger partial charge < -0.3 is 10.0 Å². The number of hydrogen-bond acceptors (Lipinski definition) is 7. The molecule has 0 radical (unpaired) electrons. The lowest BCUT2D eigenvalue weighted by Crippen LogP contribution is -2.48. The van der Waals surface area contributed by atoms with E-state index in [0.29, 0.717) is 10.0 Å². The smallest absolute Gasteiger partial charge is 0.173 e. The van der Waals surface area contributed by atoms with Crippen LogP contribution in [0.15, 0.2) is 36.7 Å². The number of phenolic OH excluding ortho intramolecular Hbond substituents is 1. The fourth-order valence-electron chi connectivity index (χ4n) is 4.00. The Bertz CT molecular complexity index is 1000. The monoisotopic (exact) mass is 461 g/mol. The Morgan fingerprint density at radius 1 is 1.10 bits per heavy atom. The molecule has 4 rings (SSSR count). The zero-order valence-electron chi connectivity index (χ0n) is 17.3. The van der Waals surface area contributed by atoms with E-state index in [9.17, 15) is 5.11 Å². The van der Waals surface area contributed by atoms with Crippen molar-refractivity contribution in [2.24, 2.45) is 0 Å². The van der Waals surface area contributed by atoms with Crippen LogP contribution in [0.5, 0.6) is 5.75 Å². The fraction of sp³-hybridized carbons (Fsp3) is 0.429. The highest BCUT2D eigenvalue weighted by atomic mass is 35.5. The lowest BCUT2D eigenvalue weighted by atomic mass is 10.0. The van der Waals surface area contributed by atoms with Crippen molar-refractivity contribution < 1.29 is 5.11 Å². The fourth-order valence-corrected chi connectivity index (χ4v) is 4.61. The molecule has 3 aromatic rings. The topological polar surface area (TPSA) is 83.2 Å². The van der Waals surface area contributed by atoms with Gasteiger partial charge in [-0.3, -0.25) is 9.88 Å². The zero-order valence-corrected chi connectivity index (χ0v) is 18.8. The number of rotatable bonds is 7. The molecule has 2 aromatic heterocycles. The third-order valence-corrected chi connectivity index (χ3v) is 6.09. The second-order valence-corrected chi connectivity index (χ2v) is 8.40. The van der Waals surface area contributed by atoms with Gasteiger partial charge in [0.05, 0.1) is 21.8 Å². The van der Waals surface area contributed by atoms with Gasteiger partial charge in [-0.2, -0.15) is 0 Å². The van der Waals surface area contributed by atoms with Crippen molar-refractivity contribution in [3.05, 3.63) is 58.1 Å². The van der Waals surface area contributed by atoms with Gasteiger partial charge in [0, 0.05) is 45.1 Å². The number of phenols is 1. The van der Waals surface area contributed by atoms with Crippen LogP contribution in [-0.2, 0) is 6.54 Å². The first kappa shape index (κ1) is 21.8. The molecule has 3 heterocycles. The number of pyridine rings is 1. The summed E-state index contributed by atoms with van der Waals surface area (Å²) in [6.45, 7) is 5.91. The molecule has 1 N–H and O–H groups in total. The first-order valence-electron chi connectivity index (χ1n) is 10.4. The Kier molecular flexibility index (Phi) is 6.89. The van der Waals surface area contributed by atoms with Crippen LogP contribution < -0.4 is 4.90 Å². The number of tetrazole rings is 1. The Labute approximate surface area is 191 Å². The predicted molar refractivity (Wildman–Crippen MR) is 121 cm³/mol. The van der Waals surface area contributed by atoms with E-state index >= 15 is 0 Å². The maximum atomic E-state index is 10.1. The van der Waals surface area contributed by atoms with E-state index in [1.807, 2.05) is 16.8 Å². The van der Waals surface area contributed by atoms with Gasteiger partial charge in [0.2, 0.25) is 0 Å². The minimum absolute atomic E-state index is 0.163. The number of anilines is 1. The number of unbranched alkanes of at least 4 members (excludes halogenated alkanes) is 1. The highest BCUT2D eigenvalue weighted by Gasteiger charge is 2.31. The highest BCUT2D eigenvalue weighted by molar-refractivity contribution is 6.38. The number of piperazine rings is 1. The molecule has 1 aliphatic heterocycles. The van der Waals surface area contributed by atoms with Crippen LogP contribution >= 0.6 is 23.2 Å². The number of halogens is 2. The van der Waals surface area contributed by atoms with Gasteiger partial charge in [0.25, 0.3) is 0 Å². The second kappa shape index (κ2) is 9.80. The van der Waals surface area contributed by atoms with E-state index in [4.69, 9.17) is 23.2 Å². The molecule has 31 heavy (non-hydrogen) atoms. The summed E-state index contributed by atoms with van der Waals surface area (Å²) in [7, 11) is 0. The second-order valence-electron chi connectivity index (χ2n) is 7.59. The summed E-state index contributed by atoms with van der Waals surface area (Å²) in [6, 6.07) is 7.15. The van der Waals surface area contributed by atoms with E-state index in [1.54, 1.807) is 24.5 Å². The van der Waals surface area contributed by atoms with Crippen molar-refractivity contribution in [1.82, 2.24) is 30.1 Å². The molecular formula is C21H25Cl2N7O. The maximum Gasteiger partial charge on any atom is 0.173 e. The summed E-state index contributed by atoms with van der Waals surface area (Å²) >= 11 is 12.7. The van der Waals surface area contributed by atoms with E-state index in [-0.39, 0.29) is 11.8 Å². The Hall–Kier alpha value is -2.42. The summed E-state index contributed by atoms with van der Waals surface area (Å²) < 4.78 is 1.88. The quantitative estimate of drug-likeness (QED) is 0.572. The number of aromatic nitrogens is 5. The number of aromatic hydroxyl groups is 1. The molecule has 1 atom stereocenters. The van der Waals surface area contributed by atoms with Crippen molar-refractivity contribution in [2.75, 3.05) is 31.1 Å². The van der Waals surface area contributed by atoms with E-state index in [0.717, 1.165) is 62.6 Å². The standard InChI is InChI=1S/C21H25Cl2N7O/c1-2-3-7-30-21(25-26-27-30)19(15-5-4-6-16(31)12-15)28-8-10-29(11-9-28)20-17(22)13-24-14-18(20)23/h4-6,12-14,19,31H,2-3,7-11H2,1H3. The van der Waals surface area contributed by atoms with Gasteiger partial charge in [0.15, 0.2) is 5.82 Å². The molecule has 0 saturated carbocycles. The average molecular weight is 462 g/mol. The molecule has 10 heteroatoms. The van der Waals surface area contributed by atoms with Gasteiger partial charge >= 0.3 is 0 Å².